The zero-order valence-electron chi connectivity index (χ0n) is 11.0. The second-order valence-corrected chi connectivity index (χ2v) is 5.60. The van der Waals surface area contributed by atoms with Crippen molar-refractivity contribution >= 4 is 33.4 Å². The lowest BCUT2D eigenvalue weighted by molar-refractivity contribution is 0.476. The Hall–Kier alpha value is -1.59. The highest BCUT2D eigenvalue weighted by Crippen LogP contribution is 2.34. The monoisotopic (exact) mass is 353 g/mol. The molecule has 0 saturated heterocycles. The number of rotatable bonds is 3. The first-order valence-corrected chi connectivity index (χ1v) is 7.01. The molecule has 104 valence electrons. The molecule has 6 heteroatoms. The Morgan fingerprint density at radius 3 is 2.60 bits per heavy atom. The summed E-state index contributed by atoms with van der Waals surface area (Å²) >= 11 is 9.30. The summed E-state index contributed by atoms with van der Waals surface area (Å²) < 4.78 is 6.58. The third kappa shape index (κ3) is 3.11. The summed E-state index contributed by atoms with van der Waals surface area (Å²) in [5.41, 5.74) is 7.57. The highest BCUT2D eigenvalue weighted by Gasteiger charge is 2.14. The lowest BCUT2D eigenvalue weighted by Crippen LogP contribution is -2.15. The van der Waals surface area contributed by atoms with Crippen molar-refractivity contribution < 1.29 is 4.74 Å². The van der Waals surface area contributed by atoms with Gasteiger partial charge in [0.25, 0.3) is 0 Å². The number of nitrogens with one attached hydrogen (secondary N) is 1. The van der Waals surface area contributed by atoms with E-state index in [-0.39, 0.29) is 5.84 Å². The van der Waals surface area contributed by atoms with Gasteiger partial charge in [-0.3, -0.25) is 10.4 Å². The maximum Gasteiger partial charge on any atom is 0.142 e. The molecule has 0 aliphatic carbocycles. The number of nitrogens with two attached hydrogens (primary N) is 1. The van der Waals surface area contributed by atoms with Gasteiger partial charge < -0.3 is 10.5 Å². The number of nitrogens with zero attached hydrogens (tertiary/aromatic N) is 1. The highest BCUT2D eigenvalue weighted by molar-refractivity contribution is 9.10. The van der Waals surface area contributed by atoms with E-state index in [1.165, 1.54) is 0 Å². The standard InChI is InChI=1S/C14H13BrClN3O/c1-7-5-12(13(14(17)18)8(2)19-7)20-11-4-3-9(16)6-10(11)15/h3-6H,1-2H3,(H3,17,18). The topological polar surface area (TPSA) is 72.0 Å². The minimum Gasteiger partial charge on any atom is -0.455 e. The van der Waals surface area contributed by atoms with Gasteiger partial charge in [-0.2, -0.15) is 0 Å². The SMILES string of the molecule is Cc1cc(Oc2ccc(Cl)cc2Br)c(C(=N)N)c(C)n1. The van der Waals surface area contributed by atoms with Crippen LogP contribution < -0.4 is 10.5 Å². The van der Waals surface area contributed by atoms with Crippen molar-refractivity contribution in [3.05, 3.63) is 50.7 Å². The van der Waals surface area contributed by atoms with Crippen LogP contribution in [-0.4, -0.2) is 10.8 Å². The number of hydrogen-bond acceptors (Lipinski definition) is 3. The number of aromatic nitrogens is 1. The van der Waals surface area contributed by atoms with Crippen molar-refractivity contribution in [2.75, 3.05) is 0 Å². The van der Waals surface area contributed by atoms with Crippen molar-refractivity contribution in [2.45, 2.75) is 13.8 Å². The van der Waals surface area contributed by atoms with Gasteiger partial charge in [0, 0.05) is 16.8 Å². The van der Waals surface area contributed by atoms with Crippen molar-refractivity contribution in [3.63, 3.8) is 0 Å². The molecule has 0 spiro atoms. The fourth-order valence-electron chi connectivity index (χ4n) is 1.88. The molecule has 0 amide bonds. The molecule has 3 N–H and O–H groups in total. The first kappa shape index (κ1) is 14.8. The average Bonchev–Trinajstić information content (AvgIpc) is 2.31. The molecular weight excluding hydrogens is 342 g/mol. The predicted molar refractivity (Wildman–Crippen MR) is 84.0 cm³/mol. The van der Waals surface area contributed by atoms with E-state index >= 15 is 0 Å². The summed E-state index contributed by atoms with van der Waals surface area (Å²) in [5, 5.41) is 8.28. The molecule has 2 rings (SSSR count). The first-order chi connectivity index (χ1) is 9.38. The van der Waals surface area contributed by atoms with E-state index in [4.69, 9.17) is 27.5 Å². The average molecular weight is 355 g/mol. The van der Waals surface area contributed by atoms with Gasteiger partial charge >= 0.3 is 0 Å². The molecule has 1 heterocycles. The van der Waals surface area contributed by atoms with Gasteiger partial charge in [0.2, 0.25) is 0 Å². The number of hydrogen-bond donors (Lipinski definition) is 2. The molecule has 0 aliphatic rings. The normalized spacial score (nSPS) is 10.4. The molecule has 0 saturated carbocycles. The van der Waals surface area contributed by atoms with Gasteiger partial charge in [0.1, 0.15) is 17.3 Å². The molecule has 4 nitrogen and oxygen atoms in total. The summed E-state index contributed by atoms with van der Waals surface area (Å²) in [6, 6.07) is 6.98. The second kappa shape index (κ2) is 5.81. The number of aryl methyl sites for hydroxylation is 2. The Bertz CT molecular complexity index is 688. The number of ether oxygens (including phenoxy) is 1. The van der Waals surface area contributed by atoms with Crippen molar-refractivity contribution in [3.8, 4) is 11.5 Å². The molecule has 1 aromatic heterocycles. The van der Waals surface area contributed by atoms with E-state index in [1.807, 2.05) is 6.92 Å². The highest BCUT2D eigenvalue weighted by atomic mass is 79.9. The van der Waals surface area contributed by atoms with Gasteiger partial charge in [-0.15, -0.1) is 0 Å². The summed E-state index contributed by atoms with van der Waals surface area (Å²) in [6.45, 7) is 3.66. The van der Waals surface area contributed by atoms with E-state index in [1.54, 1.807) is 31.2 Å². The van der Waals surface area contributed by atoms with Gasteiger partial charge in [-0.1, -0.05) is 11.6 Å². The Labute approximate surface area is 130 Å². The lowest BCUT2D eigenvalue weighted by atomic mass is 10.1. The molecule has 0 fully saturated rings. The number of halogens is 2. The van der Waals surface area contributed by atoms with E-state index in [0.717, 1.165) is 10.2 Å². The van der Waals surface area contributed by atoms with Gasteiger partial charge in [-0.25, -0.2) is 0 Å². The molecule has 0 atom stereocenters. The van der Waals surface area contributed by atoms with Gasteiger partial charge in [0.15, 0.2) is 0 Å². The summed E-state index contributed by atoms with van der Waals surface area (Å²) in [7, 11) is 0. The Morgan fingerprint density at radius 1 is 1.30 bits per heavy atom. The Balaban J connectivity index is 2.50. The van der Waals surface area contributed by atoms with Crippen LogP contribution in [0.25, 0.3) is 0 Å². The van der Waals surface area contributed by atoms with Crippen molar-refractivity contribution in [1.29, 1.82) is 5.41 Å². The fourth-order valence-corrected chi connectivity index (χ4v) is 2.64. The lowest BCUT2D eigenvalue weighted by Gasteiger charge is -2.14. The quantitative estimate of drug-likeness (QED) is 0.641. The minimum absolute atomic E-state index is 0.0740. The van der Waals surface area contributed by atoms with E-state index in [9.17, 15) is 0 Å². The zero-order chi connectivity index (χ0) is 14.9. The van der Waals surface area contributed by atoms with Crippen LogP contribution in [0.15, 0.2) is 28.7 Å². The molecule has 0 aliphatic heterocycles. The largest absolute Gasteiger partial charge is 0.455 e. The van der Waals surface area contributed by atoms with Crippen LogP contribution in [-0.2, 0) is 0 Å². The van der Waals surface area contributed by atoms with Gasteiger partial charge in [0.05, 0.1) is 15.7 Å². The second-order valence-electron chi connectivity index (χ2n) is 4.31. The predicted octanol–water partition coefficient (Wildman–Crippen LogP) is 4.19. The number of benzene rings is 1. The maximum absolute atomic E-state index is 7.67. The Morgan fingerprint density at radius 2 is 2.00 bits per heavy atom. The van der Waals surface area contributed by atoms with Crippen LogP contribution in [0.4, 0.5) is 0 Å². The molecule has 1 aromatic carbocycles. The fraction of sp³-hybridized carbons (Fsp3) is 0.143. The van der Waals surface area contributed by atoms with E-state index < -0.39 is 0 Å². The zero-order valence-corrected chi connectivity index (χ0v) is 13.3. The number of pyridine rings is 1. The summed E-state index contributed by atoms with van der Waals surface area (Å²) in [4.78, 5) is 4.30. The smallest absolute Gasteiger partial charge is 0.142 e. The maximum atomic E-state index is 7.67. The van der Waals surface area contributed by atoms with Crippen LogP contribution >= 0.6 is 27.5 Å². The molecule has 20 heavy (non-hydrogen) atoms. The third-order valence-electron chi connectivity index (χ3n) is 2.68. The van der Waals surface area contributed by atoms with E-state index in [2.05, 4.69) is 20.9 Å². The first-order valence-electron chi connectivity index (χ1n) is 5.84. The molecule has 0 unspecified atom stereocenters. The van der Waals surface area contributed by atoms with Crippen LogP contribution in [0, 0.1) is 19.3 Å². The molecular formula is C14H13BrClN3O. The molecule has 0 bridgehead atoms. The third-order valence-corrected chi connectivity index (χ3v) is 3.53. The Kier molecular flexibility index (Phi) is 4.30. The summed E-state index contributed by atoms with van der Waals surface area (Å²) in [6.07, 6.45) is 0. The van der Waals surface area contributed by atoms with E-state index in [0.29, 0.717) is 27.8 Å². The molecule has 2 aromatic rings. The number of amidine groups is 1. The van der Waals surface area contributed by atoms with Crippen molar-refractivity contribution in [1.82, 2.24) is 4.98 Å². The van der Waals surface area contributed by atoms with Crippen molar-refractivity contribution in [2.24, 2.45) is 5.73 Å². The molecule has 0 radical (unpaired) electrons. The van der Waals surface area contributed by atoms with Crippen LogP contribution in [0.3, 0.4) is 0 Å². The van der Waals surface area contributed by atoms with Crippen LogP contribution in [0.2, 0.25) is 5.02 Å². The van der Waals surface area contributed by atoms with Gasteiger partial charge in [-0.05, 0) is 48.0 Å². The minimum atomic E-state index is -0.0740. The van der Waals surface area contributed by atoms with Crippen LogP contribution in [0.1, 0.15) is 17.0 Å². The number of nitrogen functional groups attached to an aromatic ring is 1. The summed E-state index contributed by atoms with van der Waals surface area (Å²) in [5.74, 6) is 1.03. The van der Waals surface area contributed by atoms with Crippen LogP contribution in [0.5, 0.6) is 11.5 Å².